The minimum atomic E-state index is 0.419. The Morgan fingerprint density at radius 3 is 2.45 bits per heavy atom. The second kappa shape index (κ2) is 6.75. The maximum atomic E-state index is 8.77. The van der Waals surface area contributed by atoms with E-state index in [1.54, 1.807) is 6.20 Å². The van der Waals surface area contributed by atoms with E-state index in [1.807, 2.05) is 29.2 Å². The highest BCUT2D eigenvalue weighted by Crippen LogP contribution is 2.27. The van der Waals surface area contributed by atoms with Crippen molar-refractivity contribution in [2.24, 2.45) is 0 Å². The second-order valence-corrected chi connectivity index (χ2v) is 4.73. The first kappa shape index (κ1) is 14.1. The van der Waals surface area contributed by atoms with Gasteiger partial charge in [0.15, 0.2) is 0 Å². The molecular weight excluding hydrogens is 272 g/mol. The highest BCUT2D eigenvalue weighted by Gasteiger charge is 2.10. The first-order valence-corrected chi connectivity index (χ1v) is 6.67. The molecule has 2 aromatic rings. The van der Waals surface area contributed by atoms with Crippen LogP contribution in [0.2, 0.25) is 5.02 Å². The van der Waals surface area contributed by atoms with Gasteiger partial charge in [-0.3, -0.25) is 4.98 Å². The van der Waals surface area contributed by atoms with E-state index in [-0.39, 0.29) is 0 Å². The summed E-state index contributed by atoms with van der Waals surface area (Å²) in [6.07, 6.45) is 2.56. The Bertz CT molecular complexity index is 666. The lowest BCUT2D eigenvalue weighted by molar-refractivity contribution is 0.799. The van der Waals surface area contributed by atoms with E-state index in [0.29, 0.717) is 31.0 Å². The molecule has 1 aromatic carbocycles. The number of anilines is 1. The fourth-order valence-electron chi connectivity index (χ4n) is 2.10. The molecule has 1 aromatic heterocycles. The summed E-state index contributed by atoms with van der Waals surface area (Å²) >= 11 is 5.98. The largest absolute Gasteiger partial charge is 0.369 e. The number of rotatable bonds is 5. The first-order valence-electron chi connectivity index (χ1n) is 6.29. The van der Waals surface area contributed by atoms with Crippen molar-refractivity contribution in [2.75, 3.05) is 18.0 Å². The minimum Gasteiger partial charge on any atom is -0.369 e. The maximum Gasteiger partial charge on any atom is 0.0737 e. The molecule has 0 aliphatic rings. The van der Waals surface area contributed by atoms with E-state index < -0.39 is 0 Å². The van der Waals surface area contributed by atoms with Gasteiger partial charge in [-0.05, 0) is 24.3 Å². The van der Waals surface area contributed by atoms with Crippen molar-refractivity contribution in [1.82, 2.24) is 4.98 Å². The molecule has 0 fully saturated rings. The molecular formula is C15H13ClN4. The molecule has 0 spiro atoms. The molecule has 0 saturated heterocycles. The van der Waals surface area contributed by atoms with Gasteiger partial charge >= 0.3 is 0 Å². The molecule has 0 aliphatic heterocycles. The molecule has 0 N–H and O–H groups in total. The van der Waals surface area contributed by atoms with E-state index >= 15 is 0 Å². The third kappa shape index (κ3) is 3.17. The lowest BCUT2D eigenvalue weighted by Gasteiger charge is -2.24. The molecule has 5 heteroatoms. The van der Waals surface area contributed by atoms with Crippen molar-refractivity contribution in [3.8, 4) is 12.1 Å². The number of nitriles is 2. The van der Waals surface area contributed by atoms with Crippen molar-refractivity contribution in [3.05, 3.63) is 35.5 Å². The molecule has 0 saturated carbocycles. The van der Waals surface area contributed by atoms with Gasteiger partial charge in [0.25, 0.3) is 0 Å². The number of benzene rings is 1. The smallest absolute Gasteiger partial charge is 0.0737 e. The van der Waals surface area contributed by atoms with Crippen LogP contribution >= 0.6 is 11.6 Å². The van der Waals surface area contributed by atoms with Crippen LogP contribution in [-0.2, 0) is 0 Å². The SMILES string of the molecule is N#CCCN(CCC#N)c1ccnc2cc(Cl)ccc12. The van der Waals surface area contributed by atoms with E-state index in [9.17, 15) is 0 Å². The molecule has 0 bridgehead atoms. The Labute approximate surface area is 122 Å². The highest BCUT2D eigenvalue weighted by atomic mass is 35.5. The molecule has 0 aliphatic carbocycles. The molecule has 0 atom stereocenters. The van der Waals surface area contributed by atoms with Gasteiger partial charge in [-0.1, -0.05) is 11.6 Å². The zero-order valence-electron chi connectivity index (χ0n) is 10.9. The van der Waals surface area contributed by atoms with E-state index in [1.165, 1.54) is 0 Å². The van der Waals surface area contributed by atoms with E-state index in [2.05, 4.69) is 17.1 Å². The average molecular weight is 285 g/mol. The number of fused-ring (bicyclic) bond motifs is 1. The standard InChI is InChI=1S/C15H13ClN4/c16-12-3-4-13-14(11-12)19-8-5-15(13)20(9-1-6-17)10-2-7-18/h3-5,8,11H,1-2,9-10H2. The van der Waals surface area contributed by atoms with Gasteiger partial charge in [0.05, 0.1) is 30.5 Å². The molecule has 20 heavy (non-hydrogen) atoms. The number of hydrogen-bond acceptors (Lipinski definition) is 4. The molecule has 4 nitrogen and oxygen atoms in total. The molecule has 0 radical (unpaired) electrons. The predicted octanol–water partition coefficient (Wildman–Crippen LogP) is 3.52. The molecule has 1 heterocycles. The zero-order chi connectivity index (χ0) is 14.4. The van der Waals surface area contributed by atoms with Gasteiger partial charge in [0.2, 0.25) is 0 Å². The fraction of sp³-hybridized carbons (Fsp3) is 0.267. The van der Waals surface area contributed by atoms with Crippen LogP contribution in [0, 0.1) is 22.7 Å². The summed E-state index contributed by atoms with van der Waals surface area (Å²) in [5, 5.41) is 19.2. The summed E-state index contributed by atoms with van der Waals surface area (Å²) in [6, 6.07) is 11.7. The number of halogens is 1. The van der Waals surface area contributed by atoms with Gasteiger partial charge in [-0.15, -0.1) is 0 Å². The van der Waals surface area contributed by atoms with Crippen LogP contribution in [0.1, 0.15) is 12.8 Å². The van der Waals surface area contributed by atoms with Crippen LogP contribution < -0.4 is 4.90 Å². The predicted molar refractivity (Wildman–Crippen MR) is 79.4 cm³/mol. The van der Waals surface area contributed by atoms with Crippen molar-refractivity contribution < 1.29 is 0 Å². The highest BCUT2D eigenvalue weighted by molar-refractivity contribution is 6.31. The van der Waals surface area contributed by atoms with Crippen molar-refractivity contribution in [1.29, 1.82) is 10.5 Å². The summed E-state index contributed by atoms with van der Waals surface area (Å²) in [4.78, 5) is 6.35. The van der Waals surface area contributed by atoms with Gasteiger partial charge in [-0.2, -0.15) is 10.5 Å². The molecule has 0 amide bonds. The summed E-state index contributed by atoms with van der Waals surface area (Å²) in [5.74, 6) is 0. The van der Waals surface area contributed by atoms with Gasteiger partial charge in [0, 0.05) is 35.4 Å². The number of hydrogen-bond donors (Lipinski definition) is 0. The third-order valence-corrected chi connectivity index (χ3v) is 3.24. The maximum absolute atomic E-state index is 8.77. The minimum absolute atomic E-state index is 0.419. The number of aromatic nitrogens is 1. The quantitative estimate of drug-likeness (QED) is 0.842. The van der Waals surface area contributed by atoms with Crippen molar-refractivity contribution in [2.45, 2.75) is 12.8 Å². The Morgan fingerprint density at radius 2 is 1.80 bits per heavy atom. The summed E-state index contributed by atoms with van der Waals surface area (Å²) in [6.45, 7) is 1.19. The van der Waals surface area contributed by atoms with Crippen LogP contribution in [0.3, 0.4) is 0 Å². The van der Waals surface area contributed by atoms with Gasteiger partial charge < -0.3 is 4.90 Å². The lowest BCUT2D eigenvalue weighted by Crippen LogP contribution is -2.25. The molecule has 0 unspecified atom stereocenters. The molecule has 2 rings (SSSR count). The van der Waals surface area contributed by atoms with Crippen molar-refractivity contribution >= 4 is 28.2 Å². The van der Waals surface area contributed by atoms with Crippen LogP contribution in [0.25, 0.3) is 10.9 Å². The summed E-state index contributed by atoms with van der Waals surface area (Å²) in [7, 11) is 0. The van der Waals surface area contributed by atoms with Gasteiger partial charge in [0.1, 0.15) is 0 Å². The Morgan fingerprint density at radius 1 is 1.10 bits per heavy atom. The van der Waals surface area contributed by atoms with Crippen molar-refractivity contribution in [3.63, 3.8) is 0 Å². The first-order chi connectivity index (χ1) is 9.76. The van der Waals surface area contributed by atoms with Gasteiger partial charge in [-0.25, -0.2) is 0 Å². The zero-order valence-corrected chi connectivity index (χ0v) is 11.6. The normalized spacial score (nSPS) is 9.95. The van der Waals surface area contributed by atoms with Crippen LogP contribution in [0.5, 0.6) is 0 Å². The topological polar surface area (TPSA) is 63.7 Å². The lowest BCUT2D eigenvalue weighted by atomic mass is 10.1. The average Bonchev–Trinajstić information content (AvgIpc) is 2.47. The monoisotopic (exact) mass is 284 g/mol. The van der Waals surface area contributed by atoms with E-state index in [0.717, 1.165) is 16.6 Å². The Balaban J connectivity index is 2.42. The number of nitrogens with zero attached hydrogens (tertiary/aromatic N) is 4. The van der Waals surface area contributed by atoms with Crippen LogP contribution in [0.4, 0.5) is 5.69 Å². The number of pyridine rings is 1. The Kier molecular flexibility index (Phi) is 4.76. The summed E-state index contributed by atoms with van der Waals surface area (Å²) in [5.41, 5.74) is 1.80. The Hall–Kier alpha value is -2.30. The van der Waals surface area contributed by atoms with Crippen LogP contribution in [0.15, 0.2) is 30.5 Å². The fourth-order valence-corrected chi connectivity index (χ4v) is 2.27. The second-order valence-electron chi connectivity index (χ2n) is 4.29. The molecule has 100 valence electrons. The third-order valence-electron chi connectivity index (χ3n) is 3.01. The van der Waals surface area contributed by atoms with E-state index in [4.69, 9.17) is 22.1 Å². The summed E-state index contributed by atoms with van der Waals surface area (Å²) < 4.78 is 0. The van der Waals surface area contributed by atoms with Crippen LogP contribution in [-0.4, -0.2) is 18.1 Å².